The third-order valence-corrected chi connectivity index (χ3v) is 6.55. The van der Waals surface area contributed by atoms with Gasteiger partial charge in [0, 0.05) is 10.2 Å². The molecular formula is C25H19BrI2N2O3. The highest BCUT2D eigenvalue weighted by Gasteiger charge is 2.13. The molecule has 0 aliphatic carbocycles. The summed E-state index contributed by atoms with van der Waals surface area (Å²) >= 11 is 7.83. The number of halogens is 3. The molecule has 0 heterocycles. The van der Waals surface area contributed by atoms with Crippen LogP contribution in [0.15, 0.2) is 70.7 Å². The Bertz CT molecular complexity index is 1180. The van der Waals surface area contributed by atoms with Crippen molar-refractivity contribution in [2.45, 2.75) is 13.5 Å². The van der Waals surface area contributed by atoms with Crippen LogP contribution in [0, 0.1) is 18.5 Å². The Balaban J connectivity index is 1.72. The van der Waals surface area contributed by atoms with E-state index < -0.39 is 5.91 Å². The summed E-state index contributed by atoms with van der Waals surface area (Å²) < 4.78 is 14.2. The molecule has 3 aromatic rings. The number of rotatable bonds is 8. The molecule has 5 nitrogen and oxygen atoms in total. The lowest BCUT2D eigenvalue weighted by atomic mass is 10.1. The van der Waals surface area contributed by atoms with E-state index in [1.54, 1.807) is 30.3 Å². The van der Waals surface area contributed by atoms with Crippen LogP contribution in [0.5, 0.6) is 11.5 Å². The molecule has 0 aliphatic heterocycles. The lowest BCUT2D eigenvalue weighted by Crippen LogP contribution is -2.13. The van der Waals surface area contributed by atoms with Crippen LogP contribution in [0.1, 0.15) is 18.1 Å². The van der Waals surface area contributed by atoms with E-state index in [0.717, 1.165) is 34.2 Å². The van der Waals surface area contributed by atoms with Crippen molar-refractivity contribution in [3.63, 3.8) is 0 Å². The van der Waals surface area contributed by atoms with E-state index in [9.17, 15) is 10.1 Å². The first kappa shape index (κ1) is 25.5. The van der Waals surface area contributed by atoms with Gasteiger partial charge >= 0.3 is 0 Å². The Labute approximate surface area is 228 Å². The van der Waals surface area contributed by atoms with Crippen LogP contribution in [-0.2, 0) is 11.4 Å². The van der Waals surface area contributed by atoms with Crippen molar-refractivity contribution >= 4 is 78.8 Å². The SMILES string of the molecule is CCOc1ccc(NC(=O)/C(C#N)=C\c2cc(I)c(OCc3ccc(Br)cc3)c(I)c2)cc1. The van der Waals surface area contributed by atoms with Crippen molar-refractivity contribution in [1.29, 1.82) is 5.26 Å². The number of anilines is 1. The minimum absolute atomic E-state index is 0.0130. The summed E-state index contributed by atoms with van der Waals surface area (Å²) in [6.45, 7) is 2.92. The van der Waals surface area contributed by atoms with Crippen molar-refractivity contribution in [2.24, 2.45) is 0 Å². The number of hydrogen-bond donors (Lipinski definition) is 1. The summed E-state index contributed by atoms with van der Waals surface area (Å²) in [4.78, 5) is 12.6. The smallest absolute Gasteiger partial charge is 0.266 e. The van der Waals surface area contributed by atoms with Crippen LogP contribution in [0.4, 0.5) is 5.69 Å². The number of amides is 1. The highest BCUT2D eigenvalue weighted by atomic mass is 127. The molecule has 8 heteroatoms. The van der Waals surface area contributed by atoms with Crippen LogP contribution in [0.2, 0.25) is 0 Å². The molecule has 3 aromatic carbocycles. The van der Waals surface area contributed by atoms with Gasteiger partial charge in [-0.15, -0.1) is 0 Å². The lowest BCUT2D eigenvalue weighted by Gasteiger charge is -2.12. The van der Waals surface area contributed by atoms with E-state index in [2.05, 4.69) is 66.4 Å². The maximum absolute atomic E-state index is 12.6. The minimum atomic E-state index is -0.470. The van der Waals surface area contributed by atoms with Gasteiger partial charge in [0.1, 0.15) is 29.7 Å². The van der Waals surface area contributed by atoms with Gasteiger partial charge in [0.15, 0.2) is 0 Å². The van der Waals surface area contributed by atoms with E-state index in [0.29, 0.717) is 18.9 Å². The Morgan fingerprint density at radius 1 is 1.06 bits per heavy atom. The van der Waals surface area contributed by atoms with Crippen molar-refractivity contribution in [2.75, 3.05) is 11.9 Å². The van der Waals surface area contributed by atoms with E-state index in [1.165, 1.54) is 0 Å². The van der Waals surface area contributed by atoms with Gasteiger partial charge in [0.2, 0.25) is 0 Å². The van der Waals surface area contributed by atoms with Crippen LogP contribution in [0.3, 0.4) is 0 Å². The molecule has 0 unspecified atom stereocenters. The number of nitriles is 1. The van der Waals surface area contributed by atoms with Crippen LogP contribution < -0.4 is 14.8 Å². The van der Waals surface area contributed by atoms with Gasteiger partial charge in [-0.3, -0.25) is 4.79 Å². The molecular weight excluding hydrogens is 710 g/mol. The highest BCUT2D eigenvalue weighted by molar-refractivity contribution is 14.1. The average molecular weight is 729 g/mol. The number of carbonyl (C=O) groups excluding carboxylic acids is 1. The van der Waals surface area contributed by atoms with E-state index in [1.807, 2.05) is 49.4 Å². The zero-order valence-corrected chi connectivity index (χ0v) is 23.5. The predicted octanol–water partition coefficient (Wildman–Crippen LogP) is 7.18. The second kappa shape index (κ2) is 12.4. The summed E-state index contributed by atoms with van der Waals surface area (Å²) in [5.41, 5.74) is 2.41. The summed E-state index contributed by atoms with van der Waals surface area (Å²) in [6.07, 6.45) is 1.58. The number of hydrogen-bond acceptors (Lipinski definition) is 4. The molecule has 1 N–H and O–H groups in total. The predicted molar refractivity (Wildman–Crippen MR) is 150 cm³/mol. The second-order valence-electron chi connectivity index (χ2n) is 6.81. The summed E-state index contributed by atoms with van der Waals surface area (Å²) in [5.74, 6) is 1.02. The molecule has 0 fully saturated rings. The minimum Gasteiger partial charge on any atom is -0.494 e. The van der Waals surface area contributed by atoms with Gasteiger partial charge in [0.25, 0.3) is 5.91 Å². The van der Waals surface area contributed by atoms with Crippen molar-refractivity contribution in [3.05, 3.63) is 89.0 Å². The van der Waals surface area contributed by atoms with Crippen LogP contribution >= 0.6 is 61.1 Å². The molecule has 0 spiro atoms. The Morgan fingerprint density at radius 3 is 2.27 bits per heavy atom. The fourth-order valence-electron chi connectivity index (χ4n) is 2.85. The van der Waals surface area contributed by atoms with Crippen LogP contribution in [-0.4, -0.2) is 12.5 Å². The zero-order valence-electron chi connectivity index (χ0n) is 17.6. The summed E-state index contributed by atoms with van der Waals surface area (Å²) in [7, 11) is 0. The van der Waals surface area contributed by atoms with E-state index >= 15 is 0 Å². The van der Waals surface area contributed by atoms with Crippen molar-refractivity contribution in [3.8, 4) is 17.6 Å². The Morgan fingerprint density at radius 2 is 1.70 bits per heavy atom. The monoisotopic (exact) mass is 728 g/mol. The van der Waals surface area contributed by atoms with E-state index in [-0.39, 0.29) is 5.57 Å². The fourth-order valence-corrected chi connectivity index (χ4v) is 5.24. The third-order valence-electron chi connectivity index (χ3n) is 4.42. The fraction of sp³-hybridized carbons (Fsp3) is 0.120. The van der Waals surface area contributed by atoms with Gasteiger partial charge in [-0.1, -0.05) is 28.1 Å². The van der Waals surface area contributed by atoms with Gasteiger partial charge in [-0.2, -0.15) is 5.26 Å². The number of benzene rings is 3. The molecule has 1 amide bonds. The third kappa shape index (κ3) is 7.45. The quantitative estimate of drug-likeness (QED) is 0.152. The van der Waals surface area contributed by atoms with Gasteiger partial charge in [-0.25, -0.2) is 0 Å². The van der Waals surface area contributed by atoms with Crippen molar-refractivity contribution < 1.29 is 14.3 Å². The van der Waals surface area contributed by atoms with E-state index in [4.69, 9.17) is 9.47 Å². The topological polar surface area (TPSA) is 71.3 Å². The molecule has 0 radical (unpaired) electrons. The highest BCUT2D eigenvalue weighted by Crippen LogP contribution is 2.31. The number of nitrogens with zero attached hydrogens (tertiary/aromatic N) is 1. The summed E-state index contributed by atoms with van der Waals surface area (Å²) in [5, 5.41) is 12.3. The maximum Gasteiger partial charge on any atom is 0.266 e. The van der Waals surface area contributed by atoms with Crippen molar-refractivity contribution in [1.82, 2.24) is 0 Å². The molecule has 0 saturated carbocycles. The molecule has 0 bridgehead atoms. The van der Waals surface area contributed by atoms with Gasteiger partial charge in [-0.05, 0) is 118 Å². The molecule has 33 heavy (non-hydrogen) atoms. The van der Waals surface area contributed by atoms with Gasteiger partial charge < -0.3 is 14.8 Å². The molecule has 0 aromatic heterocycles. The zero-order chi connectivity index (χ0) is 23.8. The van der Waals surface area contributed by atoms with Gasteiger partial charge in [0.05, 0.1) is 13.7 Å². The molecule has 0 saturated heterocycles. The first-order chi connectivity index (χ1) is 15.9. The first-order valence-corrected chi connectivity index (χ1v) is 12.9. The molecule has 168 valence electrons. The van der Waals surface area contributed by atoms with Crippen LogP contribution in [0.25, 0.3) is 6.08 Å². The lowest BCUT2D eigenvalue weighted by molar-refractivity contribution is -0.112. The largest absolute Gasteiger partial charge is 0.494 e. The molecule has 0 aliphatic rings. The average Bonchev–Trinajstić information content (AvgIpc) is 2.79. The Hall–Kier alpha value is -2.10. The number of carbonyl (C=O) groups is 1. The standard InChI is InChI=1S/C25H19BrI2N2O3/c1-2-32-21-9-7-20(8-10-21)30-25(31)18(14-29)11-17-12-22(27)24(23(28)13-17)33-15-16-3-5-19(26)6-4-16/h3-13H,2,15H2,1H3,(H,30,31)/b18-11-. The Kier molecular flexibility index (Phi) is 9.58. The molecule has 0 atom stereocenters. The normalized spacial score (nSPS) is 10.9. The number of nitrogens with one attached hydrogen (secondary N) is 1. The number of ether oxygens (including phenoxy) is 2. The second-order valence-corrected chi connectivity index (χ2v) is 10.1. The maximum atomic E-state index is 12.6. The molecule has 3 rings (SSSR count). The first-order valence-electron chi connectivity index (χ1n) is 9.92. The summed E-state index contributed by atoms with van der Waals surface area (Å²) in [6, 6.07) is 20.7.